The van der Waals surface area contributed by atoms with Gasteiger partial charge in [0.05, 0.1) is 17.4 Å². The first-order valence-electron chi connectivity index (χ1n) is 12.0. The van der Waals surface area contributed by atoms with Crippen LogP contribution in [0.15, 0.2) is 77.6 Å². The summed E-state index contributed by atoms with van der Waals surface area (Å²) in [6.45, 7) is 1.70. The fourth-order valence-electron chi connectivity index (χ4n) is 4.98. The van der Waals surface area contributed by atoms with Crippen molar-refractivity contribution in [2.24, 2.45) is 0 Å². The van der Waals surface area contributed by atoms with Crippen molar-refractivity contribution < 1.29 is 4.79 Å². The molecule has 1 amide bonds. The molecule has 180 valence electrons. The number of benzene rings is 3. The molecule has 0 bridgehead atoms. The predicted molar refractivity (Wildman–Crippen MR) is 139 cm³/mol. The van der Waals surface area contributed by atoms with E-state index in [9.17, 15) is 9.59 Å². The summed E-state index contributed by atoms with van der Waals surface area (Å²) in [7, 11) is 0. The molecule has 36 heavy (non-hydrogen) atoms. The van der Waals surface area contributed by atoms with Crippen LogP contribution in [0.1, 0.15) is 28.9 Å². The predicted octanol–water partition coefficient (Wildman–Crippen LogP) is 4.26. The minimum Gasteiger partial charge on any atom is -0.338 e. The van der Waals surface area contributed by atoms with Crippen LogP contribution in [0.4, 0.5) is 0 Å². The number of rotatable bonds is 5. The van der Waals surface area contributed by atoms with Crippen molar-refractivity contribution in [1.82, 2.24) is 24.1 Å². The van der Waals surface area contributed by atoms with E-state index in [0.29, 0.717) is 47.9 Å². The summed E-state index contributed by atoms with van der Waals surface area (Å²) >= 11 is 6.04. The van der Waals surface area contributed by atoms with Crippen molar-refractivity contribution in [1.29, 1.82) is 0 Å². The molecular formula is C28H24ClN5O2. The second-order valence-electron chi connectivity index (χ2n) is 9.12. The van der Waals surface area contributed by atoms with E-state index in [1.165, 1.54) is 11.1 Å². The number of hydrogen-bond acceptors (Lipinski definition) is 4. The molecule has 0 N–H and O–H groups in total. The average Bonchev–Trinajstić information content (AvgIpc) is 3.34. The first-order valence-corrected chi connectivity index (χ1v) is 12.4. The van der Waals surface area contributed by atoms with Crippen LogP contribution in [0, 0.1) is 0 Å². The molecule has 6 rings (SSSR count). The average molecular weight is 498 g/mol. The van der Waals surface area contributed by atoms with E-state index in [0.717, 1.165) is 24.0 Å². The first-order chi connectivity index (χ1) is 17.6. The molecule has 3 heterocycles. The van der Waals surface area contributed by atoms with Crippen LogP contribution in [0.25, 0.3) is 16.7 Å². The maximum absolute atomic E-state index is 13.4. The monoisotopic (exact) mass is 497 g/mol. The molecule has 0 unspecified atom stereocenters. The molecule has 0 radical (unpaired) electrons. The van der Waals surface area contributed by atoms with Crippen molar-refractivity contribution in [2.45, 2.75) is 32.4 Å². The number of aromatic nitrogens is 4. The molecule has 2 aromatic heterocycles. The van der Waals surface area contributed by atoms with Crippen LogP contribution in [-0.2, 0) is 30.7 Å². The summed E-state index contributed by atoms with van der Waals surface area (Å²) in [5.74, 6) is 1.22. The van der Waals surface area contributed by atoms with Crippen LogP contribution in [-0.4, -0.2) is 36.5 Å². The molecule has 0 fully saturated rings. The Kier molecular flexibility index (Phi) is 5.77. The summed E-state index contributed by atoms with van der Waals surface area (Å²) in [6, 6.07) is 23.1. The lowest BCUT2D eigenvalue weighted by Crippen LogP contribution is -2.36. The van der Waals surface area contributed by atoms with Crippen LogP contribution < -0.4 is 5.56 Å². The number of carbonyl (C=O) groups is 1. The van der Waals surface area contributed by atoms with Gasteiger partial charge in [-0.1, -0.05) is 60.1 Å². The Labute approximate surface area is 212 Å². The van der Waals surface area contributed by atoms with Crippen LogP contribution in [0.3, 0.4) is 0 Å². The molecule has 0 saturated carbocycles. The van der Waals surface area contributed by atoms with E-state index in [1.807, 2.05) is 57.8 Å². The third kappa shape index (κ3) is 4.05. The molecule has 1 aliphatic rings. The number of para-hydroxylation sites is 1. The molecule has 7 nitrogen and oxygen atoms in total. The molecule has 0 aliphatic carbocycles. The summed E-state index contributed by atoms with van der Waals surface area (Å²) < 4.78 is 3.54. The number of hydrogen-bond donors (Lipinski definition) is 0. The van der Waals surface area contributed by atoms with Crippen LogP contribution in [0.5, 0.6) is 0 Å². The van der Waals surface area contributed by atoms with E-state index >= 15 is 0 Å². The molecule has 1 aliphatic heterocycles. The normalized spacial score (nSPS) is 13.3. The number of nitrogens with zero attached hydrogens (tertiary/aromatic N) is 5. The Morgan fingerprint density at radius 1 is 0.917 bits per heavy atom. The van der Waals surface area contributed by atoms with E-state index in [4.69, 9.17) is 11.6 Å². The second-order valence-corrected chi connectivity index (χ2v) is 9.56. The third-order valence-corrected chi connectivity index (χ3v) is 7.13. The van der Waals surface area contributed by atoms with Crippen molar-refractivity contribution in [3.05, 3.63) is 111 Å². The SMILES string of the molecule is O=C(CCc1nnc2n(Cc3ccc(Cl)cc3)c(=O)c3ccccc3n12)N1CCc2ccccc2C1. The lowest BCUT2D eigenvalue weighted by Gasteiger charge is -2.28. The van der Waals surface area contributed by atoms with Crippen molar-refractivity contribution in [3.8, 4) is 0 Å². The Morgan fingerprint density at radius 2 is 1.67 bits per heavy atom. The van der Waals surface area contributed by atoms with E-state index in [2.05, 4.69) is 22.3 Å². The second kappa shape index (κ2) is 9.24. The summed E-state index contributed by atoms with van der Waals surface area (Å²) in [6.07, 6.45) is 1.63. The van der Waals surface area contributed by atoms with Gasteiger partial charge in [0.1, 0.15) is 5.82 Å². The number of aryl methyl sites for hydroxylation is 1. The van der Waals surface area contributed by atoms with Gasteiger partial charge < -0.3 is 4.90 Å². The van der Waals surface area contributed by atoms with E-state index < -0.39 is 0 Å². The highest BCUT2D eigenvalue weighted by Crippen LogP contribution is 2.21. The lowest BCUT2D eigenvalue weighted by atomic mass is 9.99. The summed E-state index contributed by atoms with van der Waals surface area (Å²) in [5.41, 5.74) is 4.07. The molecular weight excluding hydrogens is 474 g/mol. The van der Waals surface area contributed by atoms with Crippen LogP contribution >= 0.6 is 11.6 Å². The largest absolute Gasteiger partial charge is 0.338 e. The highest BCUT2D eigenvalue weighted by Gasteiger charge is 2.22. The molecule has 0 spiro atoms. The zero-order valence-electron chi connectivity index (χ0n) is 19.6. The van der Waals surface area contributed by atoms with Gasteiger partial charge in [0.25, 0.3) is 5.56 Å². The third-order valence-electron chi connectivity index (χ3n) is 6.87. The minimum atomic E-state index is -0.130. The van der Waals surface area contributed by atoms with Gasteiger partial charge in [-0.05, 0) is 47.4 Å². The maximum Gasteiger partial charge on any atom is 0.263 e. The van der Waals surface area contributed by atoms with Gasteiger partial charge in [-0.3, -0.25) is 18.6 Å². The Morgan fingerprint density at radius 3 is 2.50 bits per heavy atom. The minimum absolute atomic E-state index is 0.0973. The van der Waals surface area contributed by atoms with Gasteiger partial charge in [-0.2, -0.15) is 0 Å². The first kappa shape index (κ1) is 22.5. The van der Waals surface area contributed by atoms with Gasteiger partial charge >= 0.3 is 0 Å². The molecule has 5 aromatic rings. The van der Waals surface area contributed by atoms with Gasteiger partial charge in [0.2, 0.25) is 11.7 Å². The smallest absolute Gasteiger partial charge is 0.263 e. The van der Waals surface area contributed by atoms with Gasteiger partial charge in [0, 0.05) is 31.0 Å². The Bertz CT molecular complexity index is 1660. The highest BCUT2D eigenvalue weighted by molar-refractivity contribution is 6.30. The molecule has 8 heteroatoms. The zero-order valence-corrected chi connectivity index (χ0v) is 20.4. The number of fused-ring (bicyclic) bond motifs is 4. The van der Waals surface area contributed by atoms with Crippen molar-refractivity contribution >= 4 is 34.2 Å². The number of amides is 1. The number of carbonyl (C=O) groups excluding carboxylic acids is 1. The maximum atomic E-state index is 13.4. The van der Waals surface area contributed by atoms with E-state index in [-0.39, 0.29) is 11.5 Å². The Hall–Kier alpha value is -3.97. The van der Waals surface area contributed by atoms with Gasteiger partial charge in [0.15, 0.2) is 0 Å². The Balaban J connectivity index is 1.32. The van der Waals surface area contributed by atoms with Crippen LogP contribution in [0.2, 0.25) is 5.02 Å². The van der Waals surface area contributed by atoms with Crippen molar-refractivity contribution in [2.75, 3.05) is 6.54 Å². The fourth-order valence-corrected chi connectivity index (χ4v) is 5.10. The quantitative estimate of drug-likeness (QED) is 0.363. The standard InChI is InChI=1S/C28H24ClN5O2/c29-22-11-9-19(10-12-22)17-33-27(36)23-7-3-4-8-24(23)34-25(30-31-28(33)34)13-14-26(35)32-16-15-20-5-1-2-6-21(20)18-32/h1-12H,13-18H2. The van der Waals surface area contributed by atoms with Gasteiger partial charge in [-0.15, -0.1) is 10.2 Å². The molecule has 3 aromatic carbocycles. The van der Waals surface area contributed by atoms with Gasteiger partial charge in [-0.25, -0.2) is 0 Å². The zero-order chi connectivity index (χ0) is 24.6. The highest BCUT2D eigenvalue weighted by atomic mass is 35.5. The summed E-state index contributed by atoms with van der Waals surface area (Å²) in [4.78, 5) is 28.4. The lowest BCUT2D eigenvalue weighted by molar-refractivity contribution is -0.132. The summed E-state index contributed by atoms with van der Waals surface area (Å²) in [5, 5.41) is 10.0. The number of halogens is 1. The fraction of sp³-hybridized carbons (Fsp3) is 0.214. The van der Waals surface area contributed by atoms with Crippen molar-refractivity contribution in [3.63, 3.8) is 0 Å². The van der Waals surface area contributed by atoms with E-state index in [1.54, 1.807) is 16.7 Å². The topological polar surface area (TPSA) is 72.5 Å². The molecule has 0 saturated heterocycles. The molecule has 0 atom stereocenters.